The Morgan fingerprint density at radius 3 is 2.48 bits per heavy atom. The molecule has 4 heterocycles. The molecule has 0 aliphatic carbocycles. The Bertz CT molecular complexity index is 1010. The number of benzene rings is 1. The second-order valence-electron chi connectivity index (χ2n) is 8.69. The standard InChI is InChI=1S/C24H29N7O2/c32-22(31-21(7-11-27-31)18-4-2-1-3-5-18)19-8-14-30(15-9-19)24-26-10-6-20(28-24)23(33)29-16-12-25-13-17-29/h1-6,10-11,19,21,25H,7-9,12-17H2. The molecule has 2 fully saturated rings. The summed E-state index contributed by atoms with van der Waals surface area (Å²) < 4.78 is 0. The third-order valence-corrected chi connectivity index (χ3v) is 6.63. The van der Waals surface area contributed by atoms with Gasteiger partial charge in [-0.3, -0.25) is 9.59 Å². The van der Waals surface area contributed by atoms with Crippen LogP contribution in [-0.2, 0) is 4.79 Å². The third-order valence-electron chi connectivity index (χ3n) is 6.63. The first kappa shape index (κ1) is 21.5. The highest BCUT2D eigenvalue weighted by atomic mass is 16.2. The Hall–Kier alpha value is -3.33. The summed E-state index contributed by atoms with van der Waals surface area (Å²) in [7, 11) is 0. The number of piperazine rings is 1. The summed E-state index contributed by atoms with van der Waals surface area (Å²) in [4.78, 5) is 38.9. The zero-order valence-electron chi connectivity index (χ0n) is 18.6. The Labute approximate surface area is 193 Å². The number of hydrogen-bond donors (Lipinski definition) is 1. The largest absolute Gasteiger partial charge is 0.341 e. The molecule has 172 valence electrons. The molecule has 0 saturated carbocycles. The maximum atomic E-state index is 13.3. The van der Waals surface area contributed by atoms with Crippen molar-refractivity contribution in [3.63, 3.8) is 0 Å². The number of nitrogens with zero attached hydrogens (tertiary/aromatic N) is 6. The Kier molecular flexibility index (Phi) is 6.30. The Morgan fingerprint density at radius 2 is 1.73 bits per heavy atom. The zero-order chi connectivity index (χ0) is 22.6. The van der Waals surface area contributed by atoms with E-state index in [2.05, 4.69) is 25.3 Å². The summed E-state index contributed by atoms with van der Waals surface area (Å²) in [6.07, 6.45) is 5.66. The van der Waals surface area contributed by atoms with Crippen LogP contribution < -0.4 is 10.2 Å². The van der Waals surface area contributed by atoms with Crippen molar-refractivity contribution in [1.82, 2.24) is 25.2 Å². The average molecular weight is 448 g/mol. The number of rotatable bonds is 4. The molecule has 0 spiro atoms. The smallest absolute Gasteiger partial charge is 0.272 e. The molecule has 3 aliphatic rings. The number of amides is 2. The molecule has 1 N–H and O–H groups in total. The van der Waals surface area contributed by atoms with Gasteiger partial charge in [0.05, 0.1) is 6.04 Å². The van der Waals surface area contributed by atoms with Crippen molar-refractivity contribution >= 4 is 24.0 Å². The van der Waals surface area contributed by atoms with Gasteiger partial charge in [-0.05, 0) is 24.5 Å². The Morgan fingerprint density at radius 1 is 0.970 bits per heavy atom. The predicted molar refractivity (Wildman–Crippen MR) is 125 cm³/mol. The number of carbonyl (C=O) groups is 2. The highest BCUT2D eigenvalue weighted by Crippen LogP contribution is 2.32. The van der Waals surface area contributed by atoms with Gasteiger partial charge in [0.2, 0.25) is 11.9 Å². The van der Waals surface area contributed by atoms with Crippen molar-refractivity contribution in [1.29, 1.82) is 0 Å². The third kappa shape index (κ3) is 4.59. The normalized spacial score (nSPS) is 21.5. The van der Waals surface area contributed by atoms with E-state index in [1.807, 2.05) is 41.4 Å². The Balaban J connectivity index is 1.21. The molecule has 5 rings (SSSR count). The number of hydrogen-bond acceptors (Lipinski definition) is 7. The monoisotopic (exact) mass is 447 g/mol. The van der Waals surface area contributed by atoms with Crippen LogP contribution in [0.15, 0.2) is 47.7 Å². The van der Waals surface area contributed by atoms with Crippen molar-refractivity contribution in [2.75, 3.05) is 44.2 Å². The molecule has 2 aromatic rings. The van der Waals surface area contributed by atoms with Gasteiger partial charge in [0.25, 0.3) is 5.91 Å². The van der Waals surface area contributed by atoms with Crippen LogP contribution >= 0.6 is 0 Å². The lowest BCUT2D eigenvalue weighted by Gasteiger charge is -2.34. The van der Waals surface area contributed by atoms with Gasteiger partial charge < -0.3 is 15.1 Å². The molecule has 3 aliphatic heterocycles. The van der Waals surface area contributed by atoms with Gasteiger partial charge in [0, 0.05) is 64.0 Å². The van der Waals surface area contributed by atoms with Gasteiger partial charge in [0.1, 0.15) is 5.69 Å². The number of aromatic nitrogens is 2. The summed E-state index contributed by atoms with van der Waals surface area (Å²) in [5.74, 6) is 0.515. The van der Waals surface area contributed by atoms with E-state index in [-0.39, 0.29) is 23.8 Å². The molecule has 9 heteroatoms. The zero-order valence-corrected chi connectivity index (χ0v) is 18.6. The molecule has 9 nitrogen and oxygen atoms in total. The van der Waals surface area contributed by atoms with E-state index >= 15 is 0 Å². The van der Waals surface area contributed by atoms with Crippen LogP contribution in [0.4, 0.5) is 5.95 Å². The lowest BCUT2D eigenvalue weighted by Crippen LogP contribution is -2.46. The molecule has 0 bridgehead atoms. The van der Waals surface area contributed by atoms with E-state index in [1.54, 1.807) is 17.3 Å². The lowest BCUT2D eigenvalue weighted by molar-refractivity contribution is -0.138. The fraction of sp³-hybridized carbons (Fsp3) is 0.458. The van der Waals surface area contributed by atoms with Crippen molar-refractivity contribution in [3.05, 3.63) is 53.9 Å². The van der Waals surface area contributed by atoms with Crippen LogP contribution in [0, 0.1) is 5.92 Å². The topological polar surface area (TPSA) is 94.0 Å². The minimum Gasteiger partial charge on any atom is -0.341 e. The van der Waals surface area contributed by atoms with Gasteiger partial charge in [-0.15, -0.1) is 0 Å². The van der Waals surface area contributed by atoms with Gasteiger partial charge in [-0.25, -0.2) is 15.0 Å². The van der Waals surface area contributed by atoms with Crippen molar-refractivity contribution in [2.24, 2.45) is 11.0 Å². The van der Waals surface area contributed by atoms with Crippen LogP contribution in [0.5, 0.6) is 0 Å². The number of piperidine rings is 1. The van der Waals surface area contributed by atoms with E-state index in [9.17, 15) is 9.59 Å². The maximum absolute atomic E-state index is 13.3. The molecule has 0 radical (unpaired) electrons. The first-order valence-corrected chi connectivity index (χ1v) is 11.7. The summed E-state index contributed by atoms with van der Waals surface area (Å²) in [5, 5.41) is 9.32. The molecule has 1 atom stereocenters. The molecular formula is C24H29N7O2. The SMILES string of the molecule is O=C(c1ccnc(N2CCC(C(=O)N3N=CCC3c3ccccc3)CC2)n1)N1CCNCC1. The molecule has 2 amide bonds. The summed E-state index contributed by atoms with van der Waals surface area (Å²) >= 11 is 0. The second-order valence-corrected chi connectivity index (χ2v) is 8.69. The van der Waals surface area contributed by atoms with Crippen molar-refractivity contribution < 1.29 is 9.59 Å². The van der Waals surface area contributed by atoms with Crippen molar-refractivity contribution in [3.8, 4) is 0 Å². The highest BCUT2D eigenvalue weighted by molar-refractivity contribution is 5.92. The van der Waals surface area contributed by atoms with E-state index in [0.29, 0.717) is 50.7 Å². The maximum Gasteiger partial charge on any atom is 0.272 e. The van der Waals surface area contributed by atoms with Crippen LogP contribution in [0.25, 0.3) is 0 Å². The van der Waals surface area contributed by atoms with Gasteiger partial charge in [-0.1, -0.05) is 30.3 Å². The van der Waals surface area contributed by atoms with Crippen LogP contribution in [0.2, 0.25) is 0 Å². The van der Waals surface area contributed by atoms with E-state index < -0.39 is 0 Å². The second kappa shape index (κ2) is 9.66. The first-order valence-electron chi connectivity index (χ1n) is 11.7. The molecule has 33 heavy (non-hydrogen) atoms. The number of nitrogens with one attached hydrogen (secondary N) is 1. The van der Waals surface area contributed by atoms with Crippen molar-refractivity contribution in [2.45, 2.75) is 25.3 Å². The van der Waals surface area contributed by atoms with Crippen LogP contribution in [0.1, 0.15) is 41.4 Å². The van der Waals surface area contributed by atoms with E-state index in [0.717, 1.165) is 25.1 Å². The lowest BCUT2D eigenvalue weighted by atomic mass is 9.94. The summed E-state index contributed by atoms with van der Waals surface area (Å²) in [6, 6.07) is 11.7. The van der Waals surface area contributed by atoms with E-state index in [1.165, 1.54) is 0 Å². The van der Waals surface area contributed by atoms with Gasteiger partial charge in [-0.2, -0.15) is 5.10 Å². The average Bonchev–Trinajstić information content (AvgIpc) is 3.39. The van der Waals surface area contributed by atoms with Gasteiger partial charge in [0.15, 0.2) is 0 Å². The molecule has 1 aromatic carbocycles. The fourth-order valence-corrected chi connectivity index (χ4v) is 4.74. The fourth-order valence-electron chi connectivity index (χ4n) is 4.74. The molecular weight excluding hydrogens is 418 g/mol. The minimum atomic E-state index is -0.0756. The number of carbonyl (C=O) groups excluding carboxylic acids is 2. The number of anilines is 1. The molecule has 1 aromatic heterocycles. The van der Waals surface area contributed by atoms with Crippen LogP contribution in [-0.4, -0.2) is 77.2 Å². The quantitative estimate of drug-likeness (QED) is 0.767. The van der Waals surface area contributed by atoms with Gasteiger partial charge >= 0.3 is 0 Å². The first-order chi connectivity index (χ1) is 16.2. The van der Waals surface area contributed by atoms with Crippen LogP contribution in [0.3, 0.4) is 0 Å². The van der Waals surface area contributed by atoms with E-state index in [4.69, 9.17) is 0 Å². The summed E-state index contributed by atoms with van der Waals surface area (Å²) in [6.45, 7) is 4.34. The predicted octanol–water partition coefficient (Wildman–Crippen LogP) is 1.70. The molecule has 2 saturated heterocycles. The molecule has 1 unspecified atom stereocenters. The number of hydrazone groups is 1. The summed E-state index contributed by atoms with van der Waals surface area (Å²) in [5.41, 5.74) is 1.54. The highest BCUT2D eigenvalue weighted by Gasteiger charge is 2.35. The minimum absolute atomic E-state index is 0.0206.